The van der Waals surface area contributed by atoms with Gasteiger partial charge >= 0.3 is 5.97 Å². The molecule has 0 radical (unpaired) electrons. The Morgan fingerprint density at radius 3 is 2.05 bits per heavy atom. The molecule has 0 atom stereocenters. The second-order valence-corrected chi connectivity index (χ2v) is 10.7. The summed E-state index contributed by atoms with van der Waals surface area (Å²) < 4.78 is 69.9. The van der Waals surface area contributed by atoms with Gasteiger partial charge in [0.25, 0.3) is 0 Å². The van der Waals surface area contributed by atoms with Crippen molar-refractivity contribution in [2.75, 3.05) is 6.61 Å². The maximum Gasteiger partial charge on any atom is 0.341 e. The molecule has 0 spiro atoms. The van der Waals surface area contributed by atoms with Gasteiger partial charge in [0.2, 0.25) is 5.82 Å². The first kappa shape index (κ1) is 28.2. The maximum atomic E-state index is 14.9. The Kier molecular flexibility index (Phi) is 9.50. The highest BCUT2D eigenvalue weighted by atomic mass is 19.2. The minimum Gasteiger partial charge on any atom is -0.490 e. The van der Waals surface area contributed by atoms with Crippen LogP contribution in [-0.2, 0) is 4.74 Å². The molecule has 206 valence electrons. The summed E-state index contributed by atoms with van der Waals surface area (Å²) in [5.74, 6) is -4.75. The van der Waals surface area contributed by atoms with E-state index >= 15 is 0 Å². The van der Waals surface area contributed by atoms with Crippen LogP contribution in [-0.4, -0.2) is 18.7 Å². The highest BCUT2D eigenvalue weighted by molar-refractivity contribution is 5.90. The molecule has 0 amide bonds. The number of carbonyl (C=O) groups excluding carboxylic acids is 1. The highest BCUT2D eigenvalue weighted by Crippen LogP contribution is 2.39. The quantitative estimate of drug-likeness (QED) is 0.140. The van der Waals surface area contributed by atoms with Crippen molar-refractivity contribution in [2.24, 2.45) is 5.92 Å². The van der Waals surface area contributed by atoms with Crippen LogP contribution in [0.4, 0.5) is 17.6 Å². The molecular formula is C31H36F4O3. The van der Waals surface area contributed by atoms with Gasteiger partial charge in [0.15, 0.2) is 23.2 Å². The average Bonchev–Trinajstić information content (AvgIpc) is 2.91. The Morgan fingerprint density at radius 2 is 1.42 bits per heavy atom. The van der Waals surface area contributed by atoms with Crippen molar-refractivity contribution in [3.05, 3.63) is 76.9 Å². The van der Waals surface area contributed by atoms with Crippen molar-refractivity contribution in [1.29, 1.82) is 0 Å². The molecule has 2 fully saturated rings. The molecule has 7 heteroatoms. The van der Waals surface area contributed by atoms with Gasteiger partial charge in [-0.05, 0) is 92.4 Å². The van der Waals surface area contributed by atoms with Crippen molar-refractivity contribution < 1.29 is 31.8 Å². The molecule has 2 aromatic rings. The number of halogens is 4. The zero-order chi connectivity index (χ0) is 27.2. The minimum absolute atomic E-state index is 0.0378. The van der Waals surface area contributed by atoms with E-state index in [1.54, 1.807) is 12.1 Å². The van der Waals surface area contributed by atoms with Crippen LogP contribution in [0.3, 0.4) is 0 Å². The minimum atomic E-state index is -1.16. The first-order valence-electron chi connectivity index (χ1n) is 13.7. The Balaban J connectivity index is 1.33. The van der Waals surface area contributed by atoms with Gasteiger partial charge in [-0.25, -0.2) is 18.0 Å². The van der Waals surface area contributed by atoms with E-state index < -0.39 is 40.9 Å². The first-order chi connectivity index (χ1) is 18.3. The molecule has 0 aromatic heterocycles. The van der Waals surface area contributed by atoms with Crippen molar-refractivity contribution in [3.63, 3.8) is 0 Å². The lowest BCUT2D eigenvalue weighted by Gasteiger charge is -2.29. The number of unbranched alkanes of at least 4 members (excludes halogenated alkanes) is 1. The van der Waals surface area contributed by atoms with Crippen LogP contribution in [0, 0.1) is 29.2 Å². The Hall–Kier alpha value is -2.83. The standard InChI is InChI=1S/C31H36F4O3/c1-3-4-5-18-37-26-17-16-24(28(33)30(26)35)21-10-12-22(13-11-21)38-31(36)25-15-14-23(27(32)29(25)34)20-8-6-19(2)7-9-20/h3,14-17,19-22H,1,4-13,18H2,2H3. The molecule has 0 saturated heterocycles. The van der Waals surface area contributed by atoms with Crippen LogP contribution in [0.1, 0.15) is 104 Å². The second-order valence-electron chi connectivity index (χ2n) is 10.7. The van der Waals surface area contributed by atoms with Crippen LogP contribution in [0.15, 0.2) is 36.9 Å². The zero-order valence-corrected chi connectivity index (χ0v) is 21.9. The fraction of sp³-hybridized carbons (Fsp3) is 0.516. The van der Waals surface area contributed by atoms with Crippen molar-refractivity contribution >= 4 is 5.97 Å². The molecule has 0 unspecified atom stereocenters. The number of ether oxygens (including phenoxy) is 2. The summed E-state index contributed by atoms with van der Waals surface area (Å²) in [5, 5.41) is 0. The number of hydrogen-bond donors (Lipinski definition) is 0. The summed E-state index contributed by atoms with van der Waals surface area (Å²) in [6.45, 7) is 6.04. The molecule has 0 aliphatic heterocycles. The largest absolute Gasteiger partial charge is 0.490 e. The third-order valence-corrected chi connectivity index (χ3v) is 8.06. The Morgan fingerprint density at radius 1 is 0.842 bits per heavy atom. The van der Waals surface area contributed by atoms with E-state index in [9.17, 15) is 22.4 Å². The molecular weight excluding hydrogens is 496 g/mol. The van der Waals surface area contributed by atoms with Gasteiger partial charge in [0, 0.05) is 0 Å². The molecule has 38 heavy (non-hydrogen) atoms. The van der Waals surface area contributed by atoms with Gasteiger partial charge < -0.3 is 9.47 Å². The topological polar surface area (TPSA) is 35.5 Å². The lowest BCUT2D eigenvalue weighted by molar-refractivity contribution is 0.0188. The van der Waals surface area contributed by atoms with E-state index in [2.05, 4.69) is 13.5 Å². The van der Waals surface area contributed by atoms with Gasteiger partial charge in [-0.3, -0.25) is 0 Å². The average molecular weight is 533 g/mol. The first-order valence-corrected chi connectivity index (χ1v) is 13.7. The number of allylic oxidation sites excluding steroid dienone is 1. The summed E-state index contributed by atoms with van der Waals surface area (Å²) in [6, 6.07) is 5.82. The predicted molar refractivity (Wildman–Crippen MR) is 138 cm³/mol. The molecule has 2 aromatic carbocycles. The van der Waals surface area contributed by atoms with Crippen LogP contribution in [0.25, 0.3) is 0 Å². The van der Waals surface area contributed by atoms with Crippen LogP contribution in [0.5, 0.6) is 5.75 Å². The number of carbonyl (C=O) groups is 1. The van der Waals surface area contributed by atoms with E-state index in [0.717, 1.165) is 32.1 Å². The second kappa shape index (κ2) is 12.8. The number of benzene rings is 2. The van der Waals surface area contributed by atoms with Gasteiger partial charge in [-0.15, -0.1) is 6.58 Å². The zero-order valence-electron chi connectivity index (χ0n) is 21.9. The maximum absolute atomic E-state index is 14.9. The van der Waals surface area contributed by atoms with Crippen LogP contribution >= 0.6 is 0 Å². The van der Waals surface area contributed by atoms with Gasteiger partial charge in [0.05, 0.1) is 12.2 Å². The molecule has 2 aliphatic carbocycles. The molecule has 0 heterocycles. The van der Waals surface area contributed by atoms with E-state index in [0.29, 0.717) is 43.6 Å². The summed E-state index contributed by atoms with van der Waals surface area (Å²) in [4.78, 5) is 12.7. The summed E-state index contributed by atoms with van der Waals surface area (Å²) in [7, 11) is 0. The highest BCUT2D eigenvalue weighted by Gasteiger charge is 2.31. The summed E-state index contributed by atoms with van der Waals surface area (Å²) in [6.07, 6.45) is 7.97. The van der Waals surface area contributed by atoms with Crippen LogP contribution in [0.2, 0.25) is 0 Å². The van der Waals surface area contributed by atoms with Gasteiger partial charge in [-0.2, -0.15) is 4.39 Å². The number of hydrogen-bond acceptors (Lipinski definition) is 3. The third kappa shape index (κ3) is 6.41. The van der Waals surface area contributed by atoms with Crippen molar-refractivity contribution in [3.8, 4) is 5.75 Å². The fourth-order valence-corrected chi connectivity index (χ4v) is 5.70. The third-order valence-electron chi connectivity index (χ3n) is 8.06. The lowest BCUT2D eigenvalue weighted by Crippen LogP contribution is -2.25. The van der Waals surface area contributed by atoms with Gasteiger partial charge in [-0.1, -0.05) is 38.0 Å². The normalized spacial score (nSPS) is 23.6. The van der Waals surface area contributed by atoms with E-state index in [-0.39, 0.29) is 29.8 Å². The summed E-state index contributed by atoms with van der Waals surface area (Å²) >= 11 is 0. The lowest BCUT2D eigenvalue weighted by atomic mass is 9.79. The summed E-state index contributed by atoms with van der Waals surface area (Å²) in [5.41, 5.74) is 0.190. The van der Waals surface area contributed by atoms with E-state index in [4.69, 9.17) is 9.47 Å². The fourth-order valence-electron chi connectivity index (χ4n) is 5.70. The monoisotopic (exact) mass is 532 g/mol. The van der Waals surface area contributed by atoms with E-state index in [1.807, 2.05) is 0 Å². The number of rotatable bonds is 9. The van der Waals surface area contributed by atoms with Crippen LogP contribution < -0.4 is 4.74 Å². The Labute approximate surface area is 222 Å². The molecule has 0 bridgehead atoms. The van der Waals surface area contributed by atoms with Gasteiger partial charge in [0.1, 0.15) is 6.10 Å². The Bertz CT molecular complexity index is 1130. The number of esters is 1. The molecule has 2 saturated carbocycles. The van der Waals surface area contributed by atoms with Crippen molar-refractivity contribution in [1.82, 2.24) is 0 Å². The smallest absolute Gasteiger partial charge is 0.341 e. The SMILES string of the molecule is C=CCCCOc1ccc(C2CCC(OC(=O)c3ccc(C4CCC(C)CC4)c(F)c3F)CC2)c(F)c1F. The predicted octanol–water partition coefficient (Wildman–Crippen LogP) is 8.76. The molecule has 4 rings (SSSR count). The van der Waals surface area contributed by atoms with E-state index in [1.165, 1.54) is 18.2 Å². The molecule has 0 N–H and O–H groups in total. The molecule has 2 aliphatic rings. The molecule has 3 nitrogen and oxygen atoms in total. The van der Waals surface area contributed by atoms with Crippen molar-refractivity contribution in [2.45, 2.75) is 89.1 Å².